The summed E-state index contributed by atoms with van der Waals surface area (Å²) in [7, 11) is -3.90. The fourth-order valence-electron chi connectivity index (χ4n) is 3.27. The van der Waals surface area contributed by atoms with Gasteiger partial charge in [0.1, 0.15) is 0 Å². The van der Waals surface area contributed by atoms with Gasteiger partial charge in [-0.15, -0.1) is 0 Å². The monoisotopic (exact) mass is 461 g/mol. The first-order valence-electron chi connectivity index (χ1n) is 10.4. The number of nitrogens with zero attached hydrogens (tertiary/aromatic N) is 2. The third-order valence-electron chi connectivity index (χ3n) is 4.81. The molecule has 0 aliphatic rings. The lowest BCUT2D eigenvalue weighted by Gasteiger charge is -2.17. The number of hydrogen-bond acceptors (Lipinski definition) is 6. The summed E-state index contributed by atoms with van der Waals surface area (Å²) < 4.78 is 34.2. The molecule has 3 aromatic carbocycles. The van der Waals surface area contributed by atoms with E-state index in [0.29, 0.717) is 17.7 Å². The molecule has 0 spiro atoms. The molecule has 0 bridgehead atoms. The fraction of sp³-hybridized carbons (Fsp3) is 0.120. The van der Waals surface area contributed by atoms with Crippen molar-refractivity contribution in [2.45, 2.75) is 11.3 Å². The van der Waals surface area contributed by atoms with Crippen molar-refractivity contribution >= 4 is 16.0 Å². The minimum absolute atomic E-state index is 0.0369. The molecule has 8 heteroatoms. The number of benzene rings is 3. The van der Waals surface area contributed by atoms with E-state index in [1.165, 1.54) is 12.1 Å². The highest BCUT2D eigenvalue weighted by molar-refractivity contribution is 7.92. The van der Waals surface area contributed by atoms with Crippen molar-refractivity contribution in [3.8, 4) is 28.3 Å². The molecule has 0 aliphatic carbocycles. The Morgan fingerprint density at radius 3 is 1.97 bits per heavy atom. The number of aromatic nitrogens is 2. The highest BCUT2D eigenvalue weighted by atomic mass is 32.2. The molecule has 0 atom stereocenters. The van der Waals surface area contributed by atoms with Gasteiger partial charge in [-0.25, -0.2) is 18.1 Å². The topological polar surface area (TPSA) is 101 Å². The molecule has 1 heterocycles. The largest absolute Gasteiger partial charge is 0.477 e. The standard InChI is InChI=1S/C25H23N3O4S/c29-17-10-18-32-24-22(19-11-4-1-5-12-19)23(20-13-6-2-7-14-20)26-25(27-24)28-33(30,31)21-15-8-3-9-16-21/h1-9,11-16,29H,10,17-18H2,(H,26,27,28). The third kappa shape index (κ3) is 5.36. The number of aliphatic hydroxyl groups is 1. The van der Waals surface area contributed by atoms with Crippen LogP contribution in [0.3, 0.4) is 0 Å². The van der Waals surface area contributed by atoms with Crippen molar-refractivity contribution in [2.75, 3.05) is 17.9 Å². The second-order valence-electron chi connectivity index (χ2n) is 7.15. The lowest BCUT2D eigenvalue weighted by molar-refractivity contribution is 0.230. The molecule has 0 fully saturated rings. The van der Waals surface area contributed by atoms with Gasteiger partial charge < -0.3 is 9.84 Å². The van der Waals surface area contributed by atoms with Crippen LogP contribution in [0, 0.1) is 0 Å². The summed E-state index contributed by atoms with van der Waals surface area (Å²) in [5.74, 6) is 0.130. The van der Waals surface area contributed by atoms with E-state index in [9.17, 15) is 13.5 Å². The first-order valence-corrected chi connectivity index (χ1v) is 11.9. The van der Waals surface area contributed by atoms with Crippen LogP contribution in [0.1, 0.15) is 6.42 Å². The van der Waals surface area contributed by atoms with Crippen LogP contribution in [0.15, 0.2) is 95.9 Å². The van der Waals surface area contributed by atoms with Crippen molar-refractivity contribution in [1.29, 1.82) is 0 Å². The van der Waals surface area contributed by atoms with Gasteiger partial charge in [0.2, 0.25) is 11.8 Å². The van der Waals surface area contributed by atoms with Gasteiger partial charge in [0, 0.05) is 18.6 Å². The average molecular weight is 462 g/mol. The second-order valence-corrected chi connectivity index (χ2v) is 8.83. The van der Waals surface area contributed by atoms with E-state index in [1.807, 2.05) is 60.7 Å². The summed E-state index contributed by atoms with van der Waals surface area (Å²) >= 11 is 0. The van der Waals surface area contributed by atoms with Crippen LogP contribution < -0.4 is 9.46 Å². The molecule has 4 rings (SSSR count). The van der Waals surface area contributed by atoms with Gasteiger partial charge >= 0.3 is 0 Å². The number of hydrogen-bond donors (Lipinski definition) is 2. The second kappa shape index (κ2) is 10.2. The maximum absolute atomic E-state index is 12.9. The van der Waals surface area contributed by atoms with E-state index in [0.717, 1.165) is 11.1 Å². The normalized spacial score (nSPS) is 11.2. The Morgan fingerprint density at radius 2 is 1.36 bits per heavy atom. The number of ether oxygens (including phenoxy) is 1. The number of rotatable bonds is 9. The van der Waals surface area contributed by atoms with Crippen molar-refractivity contribution in [3.63, 3.8) is 0 Å². The fourth-order valence-corrected chi connectivity index (χ4v) is 4.24. The SMILES string of the molecule is O=S(=O)(Nc1nc(OCCCO)c(-c2ccccc2)c(-c2ccccc2)n1)c1ccccc1. The Hall–Kier alpha value is -3.75. The van der Waals surface area contributed by atoms with E-state index in [2.05, 4.69) is 14.7 Å². The highest BCUT2D eigenvalue weighted by Gasteiger charge is 2.22. The van der Waals surface area contributed by atoms with Crippen LogP contribution in [0.5, 0.6) is 5.88 Å². The summed E-state index contributed by atoms with van der Waals surface area (Å²) in [6.07, 6.45) is 0.407. The Morgan fingerprint density at radius 1 is 0.788 bits per heavy atom. The zero-order chi connectivity index (χ0) is 23.1. The van der Waals surface area contributed by atoms with Crippen LogP contribution in [0.4, 0.5) is 5.95 Å². The molecule has 2 N–H and O–H groups in total. The molecular weight excluding hydrogens is 438 g/mol. The van der Waals surface area contributed by atoms with Crippen LogP contribution >= 0.6 is 0 Å². The zero-order valence-corrected chi connectivity index (χ0v) is 18.6. The zero-order valence-electron chi connectivity index (χ0n) is 17.8. The molecule has 7 nitrogen and oxygen atoms in total. The molecule has 0 saturated heterocycles. The molecule has 168 valence electrons. The average Bonchev–Trinajstić information content (AvgIpc) is 2.85. The molecule has 0 aliphatic heterocycles. The minimum Gasteiger partial charge on any atom is -0.477 e. The van der Waals surface area contributed by atoms with Crippen LogP contribution in [0.2, 0.25) is 0 Å². The van der Waals surface area contributed by atoms with E-state index in [-0.39, 0.29) is 29.9 Å². The summed E-state index contributed by atoms with van der Waals surface area (Å²) in [4.78, 5) is 9.10. The molecule has 0 saturated carbocycles. The predicted octanol–water partition coefficient (Wildman–Crippen LogP) is 4.37. The molecule has 0 radical (unpaired) electrons. The van der Waals surface area contributed by atoms with Crippen LogP contribution in [-0.4, -0.2) is 36.7 Å². The van der Waals surface area contributed by atoms with Crippen LogP contribution in [0.25, 0.3) is 22.4 Å². The first-order chi connectivity index (χ1) is 16.1. The Labute approximate surface area is 192 Å². The maximum Gasteiger partial charge on any atom is 0.264 e. The molecule has 4 aromatic rings. The van der Waals surface area contributed by atoms with Gasteiger partial charge in [-0.1, -0.05) is 78.9 Å². The van der Waals surface area contributed by atoms with E-state index in [1.54, 1.807) is 18.2 Å². The Kier molecular flexibility index (Phi) is 6.97. The lowest BCUT2D eigenvalue weighted by atomic mass is 10.0. The number of nitrogens with one attached hydrogen (secondary N) is 1. The third-order valence-corrected chi connectivity index (χ3v) is 6.15. The van der Waals surface area contributed by atoms with Gasteiger partial charge in [0.05, 0.1) is 22.8 Å². The quantitative estimate of drug-likeness (QED) is 0.359. The summed E-state index contributed by atoms with van der Waals surface area (Å²) in [5, 5.41) is 9.19. The van der Waals surface area contributed by atoms with E-state index < -0.39 is 10.0 Å². The lowest BCUT2D eigenvalue weighted by Crippen LogP contribution is -2.16. The molecular formula is C25H23N3O4S. The van der Waals surface area contributed by atoms with Crippen molar-refractivity contribution in [3.05, 3.63) is 91.0 Å². The summed E-state index contributed by atoms with van der Waals surface area (Å²) in [6, 6.07) is 27.0. The molecule has 33 heavy (non-hydrogen) atoms. The Balaban J connectivity index is 1.87. The number of aliphatic hydroxyl groups excluding tert-OH is 1. The van der Waals surface area contributed by atoms with Gasteiger partial charge in [-0.3, -0.25) is 0 Å². The maximum atomic E-state index is 12.9. The predicted molar refractivity (Wildman–Crippen MR) is 127 cm³/mol. The summed E-state index contributed by atoms with van der Waals surface area (Å²) in [6.45, 7) is 0.178. The van der Waals surface area contributed by atoms with Gasteiger partial charge in [-0.2, -0.15) is 4.98 Å². The Bertz CT molecular complexity index is 1300. The van der Waals surface area contributed by atoms with Gasteiger partial charge in [0.15, 0.2) is 0 Å². The smallest absolute Gasteiger partial charge is 0.264 e. The van der Waals surface area contributed by atoms with Crippen LogP contribution in [-0.2, 0) is 10.0 Å². The van der Waals surface area contributed by atoms with Crippen molar-refractivity contribution in [2.24, 2.45) is 0 Å². The summed E-state index contributed by atoms with van der Waals surface area (Å²) in [5.41, 5.74) is 2.78. The van der Waals surface area contributed by atoms with Crippen molar-refractivity contribution < 1.29 is 18.3 Å². The number of anilines is 1. The van der Waals surface area contributed by atoms with Gasteiger partial charge in [0.25, 0.3) is 10.0 Å². The number of sulfonamides is 1. The molecule has 1 aromatic heterocycles. The molecule has 0 unspecified atom stereocenters. The van der Waals surface area contributed by atoms with E-state index in [4.69, 9.17) is 4.74 Å². The van der Waals surface area contributed by atoms with Crippen molar-refractivity contribution in [1.82, 2.24) is 9.97 Å². The van der Waals surface area contributed by atoms with E-state index >= 15 is 0 Å². The first kappa shape index (κ1) is 22.4. The molecule has 0 amide bonds. The van der Waals surface area contributed by atoms with Gasteiger partial charge in [-0.05, 0) is 17.7 Å². The highest BCUT2D eigenvalue weighted by Crippen LogP contribution is 2.38. The minimum atomic E-state index is -3.90.